The third kappa shape index (κ3) is 4.95. The molecule has 3 heterocycles. The largest absolute Gasteiger partial charge is 0.474 e. The van der Waals surface area contributed by atoms with Gasteiger partial charge in [0.2, 0.25) is 5.88 Å². The van der Waals surface area contributed by atoms with Crippen LogP contribution in [0.2, 0.25) is 0 Å². The standard InChI is InChI=1S/C21H23N5O2/c1-15-13-20(26-25-15)23-19-14-21(28-17-9-11-27-12-10-17)24-18(22-19)8-7-16-5-3-2-4-6-16/h2-8,13-14,17H,9-12H2,1H3,(H2,22,23,24,25,26). The topological polar surface area (TPSA) is 84.9 Å². The molecular weight excluding hydrogens is 354 g/mol. The molecule has 144 valence electrons. The molecule has 2 N–H and O–H groups in total. The van der Waals surface area contributed by atoms with Gasteiger partial charge >= 0.3 is 0 Å². The summed E-state index contributed by atoms with van der Waals surface area (Å²) in [6.45, 7) is 3.38. The first-order valence-electron chi connectivity index (χ1n) is 9.40. The van der Waals surface area contributed by atoms with Crippen LogP contribution >= 0.6 is 0 Å². The van der Waals surface area contributed by atoms with Crippen molar-refractivity contribution in [3.8, 4) is 5.88 Å². The summed E-state index contributed by atoms with van der Waals surface area (Å²) >= 11 is 0. The number of nitrogens with zero attached hydrogens (tertiary/aromatic N) is 3. The highest BCUT2D eigenvalue weighted by atomic mass is 16.5. The molecule has 1 fully saturated rings. The quantitative estimate of drug-likeness (QED) is 0.676. The van der Waals surface area contributed by atoms with E-state index in [0.717, 1.165) is 24.1 Å². The highest BCUT2D eigenvalue weighted by Crippen LogP contribution is 2.22. The number of ether oxygens (including phenoxy) is 2. The van der Waals surface area contributed by atoms with Crippen LogP contribution in [0.4, 0.5) is 11.6 Å². The van der Waals surface area contributed by atoms with Gasteiger partial charge in [-0.1, -0.05) is 36.4 Å². The molecule has 0 saturated carbocycles. The van der Waals surface area contributed by atoms with E-state index in [2.05, 4.69) is 25.5 Å². The van der Waals surface area contributed by atoms with Crippen molar-refractivity contribution in [3.63, 3.8) is 0 Å². The van der Waals surface area contributed by atoms with E-state index in [1.54, 1.807) is 6.07 Å². The SMILES string of the molecule is Cc1cc(Nc2cc(OC3CCOCC3)nc(C=Cc3ccccc3)n2)n[nH]1. The summed E-state index contributed by atoms with van der Waals surface area (Å²) < 4.78 is 11.5. The van der Waals surface area contributed by atoms with E-state index < -0.39 is 0 Å². The average Bonchev–Trinajstić information content (AvgIpc) is 3.12. The van der Waals surface area contributed by atoms with Crippen molar-refractivity contribution in [1.82, 2.24) is 20.2 Å². The van der Waals surface area contributed by atoms with Gasteiger partial charge in [0.1, 0.15) is 11.9 Å². The van der Waals surface area contributed by atoms with Crippen LogP contribution in [0.1, 0.15) is 29.9 Å². The Morgan fingerprint density at radius 2 is 1.89 bits per heavy atom. The number of hydrogen-bond acceptors (Lipinski definition) is 6. The minimum absolute atomic E-state index is 0.107. The van der Waals surface area contributed by atoms with Crippen LogP contribution in [0, 0.1) is 6.92 Å². The molecule has 0 aliphatic carbocycles. The Morgan fingerprint density at radius 3 is 2.64 bits per heavy atom. The maximum atomic E-state index is 6.10. The number of H-pyrrole nitrogens is 1. The van der Waals surface area contributed by atoms with Gasteiger partial charge in [-0.25, -0.2) is 4.98 Å². The van der Waals surface area contributed by atoms with Gasteiger partial charge < -0.3 is 14.8 Å². The molecule has 7 heteroatoms. The molecule has 0 amide bonds. The lowest BCUT2D eigenvalue weighted by molar-refractivity contribution is 0.0237. The molecule has 1 saturated heterocycles. The highest BCUT2D eigenvalue weighted by Gasteiger charge is 2.17. The van der Waals surface area contributed by atoms with Gasteiger partial charge in [0.05, 0.1) is 13.2 Å². The number of aromatic nitrogens is 4. The van der Waals surface area contributed by atoms with Gasteiger partial charge in [-0.2, -0.15) is 10.1 Å². The van der Waals surface area contributed by atoms with Crippen molar-refractivity contribution in [2.24, 2.45) is 0 Å². The van der Waals surface area contributed by atoms with Crippen LogP contribution in [0.5, 0.6) is 5.88 Å². The number of hydrogen-bond donors (Lipinski definition) is 2. The Balaban J connectivity index is 1.58. The van der Waals surface area contributed by atoms with Gasteiger partial charge in [0, 0.05) is 30.7 Å². The first kappa shape index (κ1) is 18.2. The lowest BCUT2D eigenvalue weighted by Crippen LogP contribution is -2.26. The van der Waals surface area contributed by atoms with Crippen LogP contribution in [0.3, 0.4) is 0 Å². The lowest BCUT2D eigenvalue weighted by Gasteiger charge is -2.22. The summed E-state index contributed by atoms with van der Waals surface area (Å²) in [6.07, 6.45) is 5.69. The molecule has 0 atom stereocenters. The maximum Gasteiger partial charge on any atom is 0.219 e. The van der Waals surface area contributed by atoms with E-state index in [1.165, 1.54) is 0 Å². The smallest absolute Gasteiger partial charge is 0.219 e. The van der Waals surface area contributed by atoms with Crippen LogP contribution in [-0.4, -0.2) is 39.5 Å². The predicted molar refractivity (Wildman–Crippen MR) is 108 cm³/mol. The fraction of sp³-hybridized carbons (Fsp3) is 0.286. The molecule has 1 aliphatic heterocycles. The number of rotatable bonds is 6. The Kier molecular flexibility index (Phi) is 5.63. The second-order valence-corrected chi connectivity index (χ2v) is 6.68. The van der Waals surface area contributed by atoms with Gasteiger partial charge in [0.15, 0.2) is 11.6 Å². The minimum atomic E-state index is 0.107. The molecule has 0 radical (unpaired) electrons. The van der Waals surface area contributed by atoms with Gasteiger partial charge in [-0.3, -0.25) is 5.10 Å². The fourth-order valence-electron chi connectivity index (χ4n) is 2.95. The second kappa shape index (κ2) is 8.67. The van der Waals surface area contributed by atoms with Crippen molar-refractivity contribution in [1.29, 1.82) is 0 Å². The van der Waals surface area contributed by atoms with Crippen molar-refractivity contribution in [3.05, 3.63) is 59.5 Å². The van der Waals surface area contributed by atoms with E-state index in [4.69, 9.17) is 9.47 Å². The molecule has 0 bridgehead atoms. The Hall–Kier alpha value is -3.19. The zero-order valence-corrected chi connectivity index (χ0v) is 15.8. The summed E-state index contributed by atoms with van der Waals surface area (Å²) in [5.41, 5.74) is 2.05. The Labute approximate surface area is 163 Å². The lowest BCUT2D eigenvalue weighted by atomic mass is 10.1. The van der Waals surface area contributed by atoms with E-state index in [9.17, 15) is 0 Å². The third-order valence-corrected chi connectivity index (χ3v) is 4.36. The molecule has 28 heavy (non-hydrogen) atoms. The normalized spacial score (nSPS) is 15.0. The van der Waals surface area contributed by atoms with Gasteiger partial charge in [-0.15, -0.1) is 0 Å². The molecule has 1 aromatic carbocycles. The zero-order chi connectivity index (χ0) is 19.2. The summed E-state index contributed by atoms with van der Waals surface area (Å²) in [4.78, 5) is 9.14. The molecule has 4 rings (SSSR count). The monoisotopic (exact) mass is 377 g/mol. The average molecular weight is 377 g/mol. The predicted octanol–water partition coefficient (Wildman–Crippen LogP) is 3.98. The minimum Gasteiger partial charge on any atom is -0.474 e. The van der Waals surface area contributed by atoms with E-state index in [1.807, 2.05) is 55.5 Å². The Bertz CT molecular complexity index is 933. The summed E-state index contributed by atoms with van der Waals surface area (Å²) in [7, 11) is 0. The Morgan fingerprint density at radius 1 is 1.07 bits per heavy atom. The van der Waals surface area contributed by atoms with Crippen LogP contribution in [0.15, 0.2) is 42.5 Å². The van der Waals surface area contributed by atoms with Gasteiger partial charge in [0.25, 0.3) is 0 Å². The molecule has 2 aromatic heterocycles. The van der Waals surface area contributed by atoms with Crippen molar-refractivity contribution < 1.29 is 9.47 Å². The van der Waals surface area contributed by atoms with Crippen molar-refractivity contribution >= 4 is 23.8 Å². The number of aromatic amines is 1. The maximum absolute atomic E-state index is 6.10. The molecule has 0 spiro atoms. The number of aryl methyl sites for hydroxylation is 1. The molecule has 7 nitrogen and oxygen atoms in total. The highest BCUT2D eigenvalue weighted by molar-refractivity contribution is 5.67. The summed E-state index contributed by atoms with van der Waals surface area (Å²) in [5, 5.41) is 10.3. The molecular formula is C21H23N5O2. The first-order chi connectivity index (χ1) is 13.7. The third-order valence-electron chi connectivity index (χ3n) is 4.36. The van der Waals surface area contributed by atoms with E-state index in [0.29, 0.717) is 36.6 Å². The first-order valence-corrected chi connectivity index (χ1v) is 9.40. The summed E-state index contributed by atoms with van der Waals surface area (Å²) in [5.74, 6) is 2.45. The number of anilines is 2. The molecule has 3 aromatic rings. The number of benzene rings is 1. The molecule has 0 unspecified atom stereocenters. The summed E-state index contributed by atoms with van der Waals surface area (Å²) in [6, 6.07) is 13.8. The van der Waals surface area contributed by atoms with Crippen molar-refractivity contribution in [2.45, 2.75) is 25.9 Å². The van der Waals surface area contributed by atoms with E-state index >= 15 is 0 Å². The fourth-order valence-corrected chi connectivity index (χ4v) is 2.95. The van der Waals surface area contributed by atoms with E-state index in [-0.39, 0.29) is 6.10 Å². The van der Waals surface area contributed by atoms with Crippen LogP contribution in [0.25, 0.3) is 12.2 Å². The molecule has 1 aliphatic rings. The number of nitrogens with one attached hydrogen (secondary N) is 2. The zero-order valence-electron chi connectivity index (χ0n) is 15.8. The van der Waals surface area contributed by atoms with Crippen LogP contribution in [-0.2, 0) is 4.74 Å². The second-order valence-electron chi connectivity index (χ2n) is 6.68. The van der Waals surface area contributed by atoms with Gasteiger partial charge in [-0.05, 0) is 18.6 Å². The van der Waals surface area contributed by atoms with Crippen LogP contribution < -0.4 is 10.1 Å². The van der Waals surface area contributed by atoms with Crippen molar-refractivity contribution in [2.75, 3.05) is 18.5 Å².